The number of rotatable bonds is 18. The fourth-order valence-electron chi connectivity index (χ4n) is 11.4. The number of carbonyl (C=O) groups is 7. The number of imide groups is 1. The highest BCUT2D eigenvalue weighted by Crippen LogP contribution is 2.54. The molecule has 0 spiro atoms. The first kappa shape index (κ1) is 60.0. The number of hydrogen-bond donors (Lipinski definition) is 4. The number of imidazole rings is 1. The maximum absolute atomic E-state index is 15.8. The molecular formula is C58H72FN8O13PS. The molecule has 0 saturated carbocycles. The number of alkyl halides is 1. The van der Waals surface area contributed by atoms with Gasteiger partial charge in [-0.2, -0.15) is 0 Å². The van der Waals surface area contributed by atoms with Crippen LogP contribution < -0.4 is 21.4 Å². The van der Waals surface area contributed by atoms with E-state index in [2.05, 4.69) is 15.7 Å². The van der Waals surface area contributed by atoms with E-state index in [1.165, 1.54) is 45.2 Å². The van der Waals surface area contributed by atoms with Crippen LogP contribution in [0.15, 0.2) is 77.6 Å². The average molecular weight is 1170 g/mol. The number of ether oxygens (including phenoxy) is 3. The smallest absolute Gasteiger partial charge is 0.329 e. The van der Waals surface area contributed by atoms with Crippen molar-refractivity contribution in [1.82, 2.24) is 39.6 Å². The number of carbonyl (C=O) groups excluding carboxylic acids is 7. The number of esters is 1. The third-order valence-corrected chi connectivity index (χ3v) is 18.7. The Kier molecular flexibility index (Phi) is 18.3. The maximum atomic E-state index is 15.8. The van der Waals surface area contributed by atoms with Crippen LogP contribution in [0.2, 0.25) is 0 Å². The van der Waals surface area contributed by atoms with E-state index in [4.69, 9.17) is 14.2 Å². The number of fused-ring (bicyclic) bond motifs is 2. The Hall–Kier alpha value is -6.62. The normalized spacial score (nSPS) is 21.9. The Morgan fingerprint density at radius 2 is 1.67 bits per heavy atom. The van der Waals surface area contributed by atoms with E-state index in [0.717, 1.165) is 22.5 Å². The van der Waals surface area contributed by atoms with Gasteiger partial charge < -0.3 is 39.1 Å². The monoisotopic (exact) mass is 1170 g/mol. The molecule has 3 aromatic carbocycles. The summed E-state index contributed by atoms with van der Waals surface area (Å²) in [5.74, 6) is -5.61. The summed E-state index contributed by atoms with van der Waals surface area (Å²) in [7, 11) is -3.14. The van der Waals surface area contributed by atoms with Crippen molar-refractivity contribution in [3.8, 4) is 0 Å². The zero-order valence-corrected chi connectivity index (χ0v) is 48.7. The predicted octanol–water partition coefficient (Wildman–Crippen LogP) is 5.83. The Bertz CT molecular complexity index is 3350. The summed E-state index contributed by atoms with van der Waals surface area (Å²) < 4.78 is 50.0. The van der Waals surface area contributed by atoms with Gasteiger partial charge >= 0.3 is 19.2 Å². The molecule has 4 saturated heterocycles. The van der Waals surface area contributed by atoms with Gasteiger partial charge in [0.05, 0.1) is 41.8 Å². The van der Waals surface area contributed by atoms with Gasteiger partial charge in [0.25, 0.3) is 5.91 Å². The lowest BCUT2D eigenvalue weighted by molar-refractivity contribution is -0.156. The van der Waals surface area contributed by atoms with Crippen LogP contribution in [-0.4, -0.2) is 147 Å². The van der Waals surface area contributed by atoms with Gasteiger partial charge in [0.1, 0.15) is 36.9 Å². The maximum Gasteiger partial charge on any atom is 0.329 e. The second-order valence-corrected chi connectivity index (χ2v) is 25.9. The quantitative estimate of drug-likeness (QED) is 0.0458. The lowest BCUT2D eigenvalue weighted by atomic mass is 9.85. The van der Waals surface area contributed by atoms with Crippen LogP contribution in [-0.2, 0) is 61.0 Å². The van der Waals surface area contributed by atoms with Crippen molar-refractivity contribution >= 4 is 81.4 Å². The van der Waals surface area contributed by atoms with E-state index in [9.17, 15) is 43.0 Å². The Balaban J connectivity index is 0.868. The van der Waals surface area contributed by atoms with Crippen molar-refractivity contribution in [3.05, 3.63) is 105 Å². The van der Waals surface area contributed by atoms with Crippen LogP contribution in [0.25, 0.3) is 21.1 Å². The van der Waals surface area contributed by atoms with Crippen LogP contribution in [0.3, 0.4) is 0 Å². The number of aryl methyl sites for hydroxylation is 1. The van der Waals surface area contributed by atoms with Gasteiger partial charge in [-0.05, 0) is 109 Å². The summed E-state index contributed by atoms with van der Waals surface area (Å²) in [5.41, 5.74) is 1.79. The lowest BCUT2D eigenvalue weighted by Gasteiger charge is -2.39. The first-order chi connectivity index (χ1) is 39.0. The second-order valence-electron chi connectivity index (χ2n) is 22.9. The van der Waals surface area contributed by atoms with Crippen LogP contribution >= 0.6 is 18.9 Å². The molecule has 440 valence electrons. The molecule has 6 amide bonds. The first-order valence-corrected chi connectivity index (χ1v) is 30.5. The first-order valence-electron chi connectivity index (χ1n) is 28.0. The minimum Gasteiger partial charge on any atom is -0.465 e. The second kappa shape index (κ2) is 25.1. The van der Waals surface area contributed by atoms with Gasteiger partial charge in [0.15, 0.2) is 0 Å². The zero-order chi connectivity index (χ0) is 58.8. The number of piperidine rings is 2. The number of nitrogens with zero attached hydrogens (tertiary/aromatic N) is 5. The van der Waals surface area contributed by atoms with Gasteiger partial charge in [-0.25, -0.2) is 14.3 Å². The SMILES string of the molecule is CCCOC(=O)[C@H](C)NP(=O)(O)[C@H](F)c1ccc2sc(C(=O)N[C@H](C(=O)N3CC[C@@H](OCC(=O)N4CCC(Cc5ccc6c(c5)n(C)c(=O)n6[C@@H]5CCC(=O)NC5=O)CC4)[C@H]3C(=O)N3CCO[C@H](c4ccccc4)C3)C(C)(C)C)cc2c1. The van der Waals surface area contributed by atoms with Crippen molar-refractivity contribution in [1.29, 1.82) is 0 Å². The molecule has 8 atom stereocenters. The molecule has 9 rings (SSSR count). The molecule has 21 nitrogen and oxygen atoms in total. The molecule has 5 aromatic rings. The van der Waals surface area contributed by atoms with E-state index in [1.807, 2.05) is 48.5 Å². The molecule has 24 heteroatoms. The van der Waals surface area contributed by atoms with Gasteiger partial charge in [-0.3, -0.25) is 52.6 Å². The minimum atomic E-state index is -4.80. The van der Waals surface area contributed by atoms with Gasteiger partial charge in [-0.1, -0.05) is 70.2 Å². The van der Waals surface area contributed by atoms with Crippen LogP contribution in [0, 0.1) is 11.3 Å². The molecule has 4 N–H and O–H groups in total. The molecule has 82 heavy (non-hydrogen) atoms. The molecular weight excluding hydrogens is 1100 g/mol. The molecule has 2 aromatic heterocycles. The van der Waals surface area contributed by atoms with Crippen LogP contribution in [0.1, 0.15) is 118 Å². The number of benzene rings is 3. The van der Waals surface area contributed by atoms with Crippen molar-refractivity contribution in [2.45, 2.75) is 122 Å². The largest absolute Gasteiger partial charge is 0.465 e. The number of thiophene rings is 1. The number of aromatic nitrogens is 2. The van der Waals surface area contributed by atoms with E-state index in [-0.39, 0.29) is 98.5 Å². The minimum absolute atomic E-state index is 0.0916. The van der Waals surface area contributed by atoms with E-state index < -0.39 is 78.9 Å². The Morgan fingerprint density at radius 1 is 0.927 bits per heavy atom. The number of morpholine rings is 1. The number of likely N-dealkylation sites (tertiary alicyclic amines) is 2. The standard InChI is InChI=1S/C58H72FN8O13PS/c1-7-26-79-56(74)34(2)62-81(76,77)51(59)38-14-17-45-39(30-38)31-46(82-45)53(71)61-50(58(3,4)5)55(73)66-24-21-43(49(66)54(72)65-25-27-78-44(32-65)37-11-9-8-10-12-37)80-33-48(69)64-22-19-35(20-23-64)28-36-13-15-40-42(29-36)63(6)57(75)67(40)41-16-18-47(68)60-52(41)70/h8-15,17,29-31,34-35,41,43-44,49-51H,7,16,18-28,32-33H2,1-6H3,(H,61,71)(H,60,68,70)(H2,62,76,77)/t34-,41+,43+,44-,49-,50+,51-/m0/s1. The highest BCUT2D eigenvalue weighted by molar-refractivity contribution is 7.56. The number of hydrogen-bond acceptors (Lipinski definition) is 13. The summed E-state index contributed by atoms with van der Waals surface area (Å²) >= 11 is 1.08. The molecule has 0 bridgehead atoms. The van der Waals surface area contributed by atoms with Gasteiger partial charge in [-0.15, -0.1) is 11.3 Å². The molecule has 1 unspecified atom stereocenters. The topological polar surface area (TPSA) is 257 Å². The van der Waals surface area contributed by atoms with Crippen molar-refractivity contribution in [2.75, 3.05) is 52.5 Å². The highest BCUT2D eigenvalue weighted by Gasteiger charge is 2.49. The Morgan fingerprint density at radius 3 is 2.38 bits per heavy atom. The fourth-order valence-corrected chi connectivity index (χ4v) is 13.7. The number of halogens is 1. The summed E-state index contributed by atoms with van der Waals surface area (Å²) in [6, 6.07) is 16.6. The molecule has 6 heterocycles. The molecule has 0 aliphatic carbocycles. The summed E-state index contributed by atoms with van der Waals surface area (Å²) in [6.07, 6.45) is 1.96. The van der Waals surface area contributed by atoms with E-state index in [1.54, 1.807) is 44.5 Å². The number of amides is 6. The molecule has 4 fully saturated rings. The summed E-state index contributed by atoms with van der Waals surface area (Å²) in [5, 5.41) is 7.85. The average Bonchev–Trinajstić information content (AvgIpc) is 4.38. The highest BCUT2D eigenvalue weighted by atomic mass is 32.1. The van der Waals surface area contributed by atoms with Crippen molar-refractivity contribution < 1.29 is 61.6 Å². The van der Waals surface area contributed by atoms with Crippen LogP contribution in [0.4, 0.5) is 4.39 Å². The lowest BCUT2D eigenvalue weighted by Crippen LogP contribution is -2.60. The zero-order valence-electron chi connectivity index (χ0n) is 47.0. The summed E-state index contributed by atoms with van der Waals surface area (Å²) in [6.45, 7) is 9.97. The molecule has 4 aliphatic rings. The molecule has 0 radical (unpaired) electrons. The van der Waals surface area contributed by atoms with E-state index >= 15 is 9.18 Å². The number of nitrogens with one attached hydrogen (secondary N) is 3. The van der Waals surface area contributed by atoms with E-state index in [0.29, 0.717) is 59.9 Å². The molecule has 4 aliphatic heterocycles. The summed E-state index contributed by atoms with van der Waals surface area (Å²) in [4.78, 5) is 124. The van der Waals surface area contributed by atoms with Gasteiger partial charge in [0.2, 0.25) is 35.4 Å². The van der Waals surface area contributed by atoms with Crippen molar-refractivity contribution in [3.63, 3.8) is 0 Å². The third-order valence-electron chi connectivity index (χ3n) is 15.9. The fraction of sp³-hybridized carbons (Fsp3) is 0.517. The van der Waals surface area contributed by atoms with Gasteiger partial charge in [0, 0.05) is 44.3 Å². The van der Waals surface area contributed by atoms with Crippen LogP contribution in [0.5, 0.6) is 0 Å². The van der Waals surface area contributed by atoms with Crippen molar-refractivity contribution in [2.24, 2.45) is 18.4 Å². The third kappa shape index (κ3) is 13.1. The Labute approximate surface area is 478 Å². The predicted molar refractivity (Wildman–Crippen MR) is 303 cm³/mol.